The number of benzene rings is 1. The van der Waals surface area contributed by atoms with Gasteiger partial charge in [0.1, 0.15) is 5.75 Å². The van der Waals surface area contributed by atoms with Gasteiger partial charge in [-0.05, 0) is 47.3 Å². The number of nitrogens with one attached hydrogen (secondary N) is 1. The highest BCUT2D eigenvalue weighted by molar-refractivity contribution is 9.10. The van der Waals surface area contributed by atoms with E-state index >= 15 is 0 Å². The Labute approximate surface area is 105 Å². The van der Waals surface area contributed by atoms with Crippen LogP contribution in [0, 0.1) is 0 Å². The van der Waals surface area contributed by atoms with Crippen LogP contribution in [-0.2, 0) is 0 Å². The Morgan fingerprint density at radius 3 is 3.00 bits per heavy atom. The Bertz CT molecular complexity index is 390. The lowest BCUT2D eigenvalue weighted by molar-refractivity contribution is 0.415. The van der Waals surface area contributed by atoms with Gasteiger partial charge in [0.2, 0.25) is 0 Å². The molecule has 0 bridgehead atoms. The molecule has 3 heteroatoms. The van der Waals surface area contributed by atoms with Crippen LogP contribution in [0.5, 0.6) is 5.75 Å². The van der Waals surface area contributed by atoms with Crippen LogP contribution >= 0.6 is 15.9 Å². The maximum absolute atomic E-state index is 5.22. The zero-order chi connectivity index (χ0) is 11.4. The van der Waals surface area contributed by atoms with E-state index in [1.165, 1.54) is 19.3 Å². The van der Waals surface area contributed by atoms with E-state index in [4.69, 9.17) is 4.74 Å². The molecule has 1 unspecified atom stereocenters. The highest BCUT2D eigenvalue weighted by Gasteiger charge is 2.10. The van der Waals surface area contributed by atoms with Gasteiger partial charge in [-0.15, -0.1) is 0 Å². The molecule has 0 radical (unpaired) electrons. The fourth-order valence-corrected chi connectivity index (χ4v) is 2.24. The largest absolute Gasteiger partial charge is 0.497 e. The average Bonchev–Trinajstić information content (AvgIpc) is 2.33. The van der Waals surface area contributed by atoms with Crippen LogP contribution in [0.2, 0.25) is 0 Å². The second kappa shape index (κ2) is 5.39. The smallest absolute Gasteiger partial charge is 0.121 e. The quantitative estimate of drug-likeness (QED) is 0.847. The Morgan fingerprint density at radius 1 is 1.44 bits per heavy atom. The first kappa shape index (κ1) is 11.5. The Balaban J connectivity index is 2.13. The van der Waals surface area contributed by atoms with E-state index < -0.39 is 0 Å². The van der Waals surface area contributed by atoms with Crippen molar-refractivity contribution < 1.29 is 4.74 Å². The molecule has 1 N–H and O–H groups in total. The SMILES string of the molecule is COc1ccc(Br)c(NC2C=CCCC2)c1. The van der Waals surface area contributed by atoms with Crippen LogP contribution in [0.15, 0.2) is 34.8 Å². The molecule has 0 saturated carbocycles. The fourth-order valence-electron chi connectivity index (χ4n) is 1.87. The first-order valence-electron chi connectivity index (χ1n) is 5.56. The summed E-state index contributed by atoms with van der Waals surface area (Å²) in [6.07, 6.45) is 8.15. The third kappa shape index (κ3) is 2.79. The molecule has 1 aromatic carbocycles. The maximum Gasteiger partial charge on any atom is 0.121 e. The van der Waals surface area contributed by atoms with Crippen molar-refractivity contribution in [2.45, 2.75) is 25.3 Å². The van der Waals surface area contributed by atoms with E-state index in [1.807, 2.05) is 18.2 Å². The van der Waals surface area contributed by atoms with Gasteiger partial charge >= 0.3 is 0 Å². The topological polar surface area (TPSA) is 21.3 Å². The normalized spacial score (nSPS) is 19.5. The number of allylic oxidation sites excluding steroid dienone is 1. The predicted octanol–water partition coefficient (Wildman–Crippen LogP) is 3.98. The van der Waals surface area contributed by atoms with Gasteiger partial charge in [0.25, 0.3) is 0 Å². The minimum Gasteiger partial charge on any atom is -0.497 e. The zero-order valence-corrected chi connectivity index (χ0v) is 11.0. The van der Waals surface area contributed by atoms with Gasteiger partial charge in [-0.25, -0.2) is 0 Å². The molecule has 2 nitrogen and oxygen atoms in total. The molecular formula is C13H16BrNO. The second-order valence-electron chi connectivity index (χ2n) is 3.96. The lowest BCUT2D eigenvalue weighted by Gasteiger charge is -2.20. The summed E-state index contributed by atoms with van der Waals surface area (Å²) in [5, 5.41) is 3.51. The molecule has 1 atom stereocenters. The first-order valence-corrected chi connectivity index (χ1v) is 6.35. The number of halogens is 1. The molecule has 0 heterocycles. The van der Waals surface area contributed by atoms with Gasteiger partial charge < -0.3 is 10.1 Å². The number of rotatable bonds is 3. The van der Waals surface area contributed by atoms with Crippen molar-refractivity contribution in [1.82, 2.24) is 0 Å². The molecule has 0 aliphatic heterocycles. The summed E-state index contributed by atoms with van der Waals surface area (Å²) in [5.41, 5.74) is 1.09. The van der Waals surface area contributed by atoms with Gasteiger partial charge in [0.15, 0.2) is 0 Å². The average molecular weight is 282 g/mol. The summed E-state index contributed by atoms with van der Waals surface area (Å²) >= 11 is 3.54. The minimum atomic E-state index is 0.442. The molecule has 0 saturated heterocycles. The van der Waals surface area contributed by atoms with Gasteiger partial charge in [0.05, 0.1) is 12.8 Å². The monoisotopic (exact) mass is 281 g/mol. The van der Waals surface area contributed by atoms with Crippen molar-refractivity contribution in [3.63, 3.8) is 0 Å². The van der Waals surface area contributed by atoms with Crippen molar-refractivity contribution in [3.8, 4) is 5.75 Å². The molecule has 1 aromatic rings. The third-order valence-electron chi connectivity index (χ3n) is 2.77. The van der Waals surface area contributed by atoms with Crippen LogP contribution in [0.1, 0.15) is 19.3 Å². The van der Waals surface area contributed by atoms with E-state index in [0.717, 1.165) is 15.9 Å². The Morgan fingerprint density at radius 2 is 2.31 bits per heavy atom. The molecule has 16 heavy (non-hydrogen) atoms. The molecule has 0 amide bonds. The molecule has 0 aromatic heterocycles. The highest BCUT2D eigenvalue weighted by atomic mass is 79.9. The number of ether oxygens (including phenoxy) is 1. The minimum absolute atomic E-state index is 0.442. The number of hydrogen-bond acceptors (Lipinski definition) is 2. The fraction of sp³-hybridized carbons (Fsp3) is 0.385. The third-order valence-corrected chi connectivity index (χ3v) is 3.46. The van der Waals surface area contributed by atoms with Crippen molar-refractivity contribution in [2.75, 3.05) is 12.4 Å². The van der Waals surface area contributed by atoms with E-state index in [2.05, 4.69) is 33.4 Å². The standard InChI is InChI=1S/C13H16BrNO/c1-16-11-7-8-12(14)13(9-11)15-10-5-3-2-4-6-10/h3,5,7-10,15H,2,4,6H2,1H3. The van der Waals surface area contributed by atoms with Crippen LogP contribution < -0.4 is 10.1 Å². The molecule has 1 aliphatic carbocycles. The number of anilines is 1. The van der Waals surface area contributed by atoms with Crippen molar-refractivity contribution >= 4 is 21.6 Å². The molecule has 2 rings (SSSR count). The summed E-state index contributed by atoms with van der Waals surface area (Å²) in [6.45, 7) is 0. The predicted molar refractivity (Wildman–Crippen MR) is 71.1 cm³/mol. The molecule has 1 aliphatic rings. The number of methoxy groups -OCH3 is 1. The second-order valence-corrected chi connectivity index (χ2v) is 4.81. The van der Waals surface area contributed by atoms with Gasteiger partial charge in [-0.2, -0.15) is 0 Å². The molecule has 0 spiro atoms. The van der Waals surface area contributed by atoms with Gasteiger partial charge in [0, 0.05) is 16.6 Å². The van der Waals surface area contributed by atoms with E-state index in [0.29, 0.717) is 6.04 Å². The Kier molecular flexibility index (Phi) is 3.88. The number of hydrogen-bond donors (Lipinski definition) is 1. The molecule has 86 valence electrons. The summed E-state index contributed by atoms with van der Waals surface area (Å²) in [5.74, 6) is 0.880. The van der Waals surface area contributed by atoms with Crippen molar-refractivity contribution in [1.29, 1.82) is 0 Å². The molecule has 0 fully saturated rings. The summed E-state index contributed by atoms with van der Waals surface area (Å²) in [7, 11) is 1.69. The van der Waals surface area contributed by atoms with E-state index in [9.17, 15) is 0 Å². The van der Waals surface area contributed by atoms with E-state index in [-0.39, 0.29) is 0 Å². The van der Waals surface area contributed by atoms with Crippen LogP contribution in [-0.4, -0.2) is 13.2 Å². The Hall–Kier alpha value is -0.960. The highest BCUT2D eigenvalue weighted by Crippen LogP contribution is 2.28. The van der Waals surface area contributed by atoms with Crippen molar-refractivity contribution in [3.05, 3.63) is 34.8 Å². The zero-order valence-electron chi connectivity index (χ0n) is 9.37. The van der Waals surface area contributed by atoms with E-state index in [1.54, 1.807) is 7.11 Å². The maximum atomic E-state index is 5.22. The molecular weight excluding hydrogens is 266 g/mol. The lowest BCUT2D eigenvalue weighted by Crippen LogP contribution is -2.18. The van der Waals surface area contributed by atoms with Crippen LogP contribution in [0.3, 0.4) is 0 Å². The summed E-state index contributed by atoms with van der Waals surface area (Å²) in [6, 6.07) is 6.42. The van der Waals surface area contributed by atoms with Gasteiger partial charge in [-0.3, -0.25) is 0 Å². The van der Waals surface area contributed by atoms with Crippen LogP contribution in [0.25, 0.3) is 0 Å². The first-order chi connectivity index (χ1) is 7.79. The summed E-state index contributed by atoms with van der Waals surface area (Å²) < 4.78 is 6.30. The lowest BCUT2D eigenvalue weighted by atomic mass is 10.0. The summed E-state index contributed by atoms with van der Waals surface area (Å²) in [4.78, 5) is 0. The van der Waals surface area contributed by atoms with Crippen LogP contribution in [0.4, 0.5) is 5.69 Å². The van der Waals surface area contributed by atoms with Crippen molar-refractivity contribution in [2.24, 2.45) is 0 Å². The van der Waals surface area contributed by atoms with Gasteiger partial charge in [-0.1, -0.05) is 12.2 Å².